The maximum Gasteiger partial charge on any atom is 0.301 e. The minimum absolute atomic E-state index is 0.0604. The van der Waals surface area contributed by atoms with Gasteiger partial charge >= 0.3 is 10.2 Å². The highest BCUT2D eigenvalue weighted by Gasteiger charge is 2.38. The Morgan fingerprint density at radius 3 is 2.36 bits per heavy atom. The number of hydrogen-bond donors (Lipinski definition) is 5. The minimum atomic E-state index is -4.03. The zero-order valence-electron chi connectivity index (χ0n) is 35.2. The third-order valence-corrected chi connectivity index (χ3v) is 13.8. The van der Waals surface area contributed by atoms with E-state index in [1.807, 2.05) is 24.3 Å². The van der Waals surface area contributed by atoms with Crippen molar-refractivity contribution >= 4 is 67.6 Å². The summed E-state index contributed by atoms with van der Waals surface area (Å²) in [5, 5.41) is 17.1. The van der Waals surface area contributed by atoms with Crippen molar-refractivity contribution in [3.63, 3.8) is 0 Å². The van der Waals surface area contributed by atoms with E-state index in [0.717, 1.165) is 15.6 Å². The highest BCUT2D eigenvalue weighted by atomic mass is 32.2. The Morgan fingerprint density at radius 1 is 0.922 bits per heavy atom. The fourth-order valence-electron chi connectivity index (χ4n) is 8.23. The molecule has 0 saturated carbocycles. The lowest BCUT2D eigenvalue weighted by Crippen LogP contribution is -2.52. The van der Waals surface area contributed by atoms with Crippen LogP contribution in [0.1, 0.15) is 54.9 Å². The molecule has 0 bridgehead atoms. The Kier molecular flexibility index (Phi) is 12.4. The van der Waals surface area contributed by atoms with Crippen molar-refractivity contribution in [1.82, 2.24) is 29.5 Å². The number of aliphatic hydroxyl groups is 1. The number of H-pyrrole nitrogens is 1. The Labute approximate surface area is 368 Å². The first kappa shape index (κ1) is 44.1. The van der Waals surface area contributed by atoms with Gasteiger partial charge in [0.25, 0.3) is 0 Å². The van der Waals surface area contributed by atoms with E-state index in [-0.39, 0.29) is 91.9 Å². The summed E-state index contributed by atoms with van der Waals surface area (Å²) >= 11 is 0. The van der Waals surface area contributed by atoms with Gasteiger partial charge in [-0.15, -0.1) is 0 Å². The Bertz CT molecular complexity index is 2720. The number of amides is 3. The van der Waals surface area contributed by atoms with Crippen LogP contribution in [0.25, 0.3) is 22.2 Å². The van der Waals surface area contributed by atoms with Crippen LogP contribution in [-0.4, -0.2) is 126 Å². The number of ketones is 1. The van der Waals surface area contributed by atoms with Crippen molar-refractivity contribution in [1.29, 1.82) is 0 Å². The minimum Gasteiger partial charge on any atom is -0.389 e. The molecule has 8 rings (SSSR count). The van der Waals surface area contributed by atoms with Gasteiger partial charge in [0, 0.05) is 100 Å². The molecule has 1 unspecified atom stereocenters. The van der Waals surface area contributed by atoms with Gasteiger partial charge in [0.1, 0.15) is 11.7 Å². The Hall–Kier alpha value is -6.51. The average molecular weight is 899 g/mol. The monoisotopic (exact) mass is 898 g/mol. The number of nitrogens with one attached hydrogen (secondary N) is 4. The van der Waals surface area contributed by atoms with E-state index in [1.165, 1.54) is 43.7 Å². The molecule has 64 heavy (non-hydrogen) atoms. The molecule has 1 atom stereocenters. The largest absolute Gasteiger partial charge is 0.389 e. The first-order chi connectivity index (χ1) is 30.6. The summed E-state index contributed by atoms with van der Waals surface area (Å²) in [6.07, 6.45) is 5.36. The molecule has 0 radical (unpaired) electrons. The van der Waals surface area contributed by atoms with Crippen LogP contribution in [0.15, 0.2) is 73.2 Å². The van der Waals surface area contributed by atoms with Gasteiger partial charge in [-0.1, -0.05) is 25.1 Å². The summed E-state index contributed by atoms with van der Waals surface area (Å²) in [6, 6.07) is 14.2. The molecule has 3 fully saturated rings. The van der Waals surface area contributed by atoms with Gasteiger partial charge in [-0.3, -0.25) is 29.2 Å². The number of piperazine rings is 1. The summed E-state index contributed by atoms with van der Waals surface area (Å²) in [6.45, 7) is 4.41. The third-order valence-electron chi connectivity index (χ3n) is 12.2. The average Bonchev–Trinajstić information content (AvgIpc) is 3.72. The third kappa shape index (κ3) is 9.11. The number of hydrogen-bond acceptors (Lipinski definition) is 12. The zero-order chi connectivity index (χ0) is 45.3. The SMILES string of the molecule is CCN(C)S(=O)(=O)Nc1cccc(C(=O)c2c[nH]c3ncc(-c4ccc(N5CCN(C(=O)CC6(O)CCN(c7nccc(NC8CCC(=O)NC8=O)c7F)CC6)CC5)cc4)cc23)c1F. The van der Waals surface area contributed by atoms with E-state index in [9.17, 15) is 32.7 Å². The summed E-state index contributed by atoms with van der Waals surface area (Å²) in [4.78, 5) is 68.2. The summed E-state index contributed by atoms with van der Waals surface area (Å²) in [5.74, 6) is -3.22. The molecule has 3 saturated heterocycles. The fraction of sp³-hybridized carbons (Fsp3) is 0.364. The lowest BCUT2D eigenvalue weighted by Gasteiger charge is -2.41. The number of aromatic amines is 1. The molecular formula is C44H48F2N10O7S. The zero-order valence-corrected chi connectivity index (χ0v) is 36.1. The number of piperidine rings is 2. The fourth-order valence-corrected chi connectivity index (χ4v) is 9.17. The first-order valence-corrected chi connectivity index (χ1v) is 22.5. The number of fused-ring (bicyclic) bond motifs is 1. The molecule has 6 heterocycles. The second kappa shape index (κ2) is 17.9. The van der Waals surface area contributed by atoms with Gasteiger partial charge in [0.05, 0.1) is 29.0 Å². The van der Waals surface area contributed by atoms with Crippen LogP contribution in [-0.2, 0) is 24.6 Å². The number of imide groups is 1. The Balaban J connectivity index is 0.852. The van der Waals surface area contributed by atoms with Gasteiger partial charge in [-0.2, -0.15) is 12.7 Å². The highest BCUT2D eigenvalue weighted by molar-refractivity contribution is 7.90. The van der Waals surface area contributed by atoms with Gasteiger partial charge in [0.2, 0.25) is 17.7 Å². The van der Waals surface area contributed by atoms with Gasteiger partial charge < -0.3 is 30.1 Å². The smallest absolute Gasteiger partial charge is 0.301 e. The van der Waals surface area contributed by atoms with Crippen LogP contribution in [0.2, 0.25) is 0 Å². The van der Waals surface area contributed by atoms with Gasteiger partial charge in [0.15, 0.2) is 23.2 Å². The van der Waals surface area contributed by atoms with Crippen LogP contribution < -0.4 is 25.2 Å². The summed E-state index contributed by atoms with van der Waals surface area (Å²) < 4.78 is 59.5. The van der Waals surface area contributed by atoms with Crippen molar-refractivity contribution in [2.75, 3.05) is 72.7 Å². The van der Waals surface area contributed by atoms with Crippen molar-refractivity contribution in [3.05, 3.63) is 95.9 Å². The summed E-state index contributed by atoms with van der Waals surface area (Å²) in [5.41, 5.74) is 1.27. The van der Waals surface area contributed by atoms with E-state index in [0.29, 0.717) is 42.8 Å². The number of halogens is 2. The predicted octanol–water partition coefficient (Wildman–Crippen LogP) is 4.03. The standard InChI is InChI=1S/C44H48F2N10O7S/c1-3-53(2)64(62,63)52-34-6-4-5-30(38(34)45)40(59)32-26-49-41-31(32)23-28(25-48-41)27-7-9-29(10-8-27)54-19-21-55(22-20-54)37(58)24-44(61)14-17-56(18-15-44)42-39(46)33(13-16-47-42)50-35-11-12-36(57)51-43(35)60/h4-10,13,16,23,25-26,35,52,61H,3,11-12,14-15,17-22,24H2,1-2H3,(H,47,50)(H,48,49)(H,51,57,60). The molecule has 17 nitrogen and oxygen atoms in total. The van der Waals surface area contributed by atoms with Gasteiger partial charge in [-0.05, 0) is 61.2 Å². The van der Waals surface area contributed by atoms with Crippen molar-refractivity contribution < 1.29 is 41.5 Å². The number of aromatic nitrogens is 3. The van der Waals surface area contributed by atoms with E-state index < -0.39 is 45.2 Å². The highest BCUT2D eigenvalue weighted by Crippen LogP contribution is 2.33. The van der Waals surface area contributed by atoms with E-state index in [1.54, 1.807) is 29.0 Å². The molecule has 3 aliphatic rings. The van der Waals surface area contributed by atoms with Crippen LogP contribution in [0, 0.1) is 11.6 Å². The molecular weight excluding hydrogens is 851 g/mol. The number of anilines is 4. The summed E-state index contributed by atoms with van der Waals surface area (Å²) in [7, 11) is -2.67. The number of carbonyl (C=O) groups is 4. The molecule has 5 N–H and O–H groups in total. The molecule has 3 aliphatic heterocycles. The quantitative estimate of drug-likeness (QED) is 0.0838. The van der Waals surface area contributed by atoms with E-state index in [2.05, 4.69) is 35.2 Å². The molecule has 0 spiro atoms. The van der Waals surface area contributed by atoms with Crippen LogP contribution in [0.5, 0.6) is 0 Å². The number of carbonyl (C=O) groups excluding carboxylic acids is 4. The molecule has 2 aromatic carbocycles. The molecule has 20 heteroatoms. The van der Waals surface area contributed by atoms with Gasteiger partial charge in [-0.25, -0.2) is 18.7 Å². The number of benzene rings is 2. The first-order valence-electron chi connectivity index (χ1n) is 21.0. The van der Waals surface area contributed by atoms with Crippen molar-refractivity contribution in [2.24, 2.45) is 0 Å². The molecule has 5 aromatic rings. The number of pyridine rings is 2. The van der Waals surface area contributed by atoms with E-state index >= 15 is 8.78 Å². The molecule has 3 amide bonds. The van der Waals surface area contributed by atoms with E-state index in [4.69, 9.17) is 0 Å². The maximum absolute atomic E-state index is 15.6. The van der Waals surface area contributed by atoms with Crippen LogP contribution in [0.4, 0.5) is 31.7 Å². The lowest BCUT2D eigenvalue weighted by atomic mass is 9.87. The molecule has 3 aromatic heterocycles. The number of rotatable bonds is 13. The van der Waals surface area contributed by atoms with Crippen LogP contribution >= 0.6 is 0 Å². The molecule has 336 valence electrons. The van der Waals surface area contributed by atoms with Crippen molar-refractivity contribution in [3.8, 4) is 11.1 Å². The predicted molar refractivity (Wildman–Crippen MR) is 236 cm³/mol. The Morgan fingerprint density at radius 2 is 1.66 bits per heavy atom. The topological polar surface area (TPSA) is 213 Å². The second-order valence-corrected chi connectivity index (χ2v) is 18.1. The maximum atomic E-state index is 15.6. The molecule has 0 aliphatic carbocycles. The van der Waals surface area contributed by atoms with Crippen LogP contribution in [0.3, 0.4) is 0 Å². The second-order valence-electron chi connectivity index (χ2n) is 16.3. The number of nitrogens with zero attached hydrogens (tertiary/aromatic N) is 6. The normalized spacial score (nSPS) is 18.0. The van der Waals surface area contributed by atoms with Crippen molar-refractivity contribution in [2.45, 2.75) is 50.7 Å². The lowest BCUT2D eigenvalue weighted by molar-refractivity contribution is -0.138.